The standard InChI is InChI=1S/C23H26F5N7O/c1-13-6-22(8-20(36)33(12-22)18-5-15(3-4-29-18)23(26,27)28)7-14(2)35(13)19-10-30-16-9-31-34(11-17(24)25)21(16)32-19/h3-5,9-10,13-14,17,20,36H,6-8,11-12H2,1-2H3/t13-,14+,20?,22?. The lowest BCUT2D eigenvalue weighted by Crippen LogP contribution is -2.52. The van der Waals surface area contributed by atoms with E-state index >= 15 is 0 Å². The molecule has 2 aliphatic heterocycles. The van der Waals surface area contributed by atoms with Gasteiger partial charge in [0.25, 0.3) is 6.43 Å². The summed E-state index contributed by atoms with van der Waals surface area (Å²) in [4.78, 5) is 16.7. The minimum absolute atomic E-state index is 0.0476. The van der Waals surface area contributed by atoms with Crippen LogP contribution in [-0.4, -0.2) is 61.1 Å². The van der Waals surface area contributed by atoms with Gasteiger partial charge >= 0.3 is 6.18 Å². The second kappa shape index (κ2) is 8.79. The van der Waals surface area contributed by atoms with Crippen LogP contribution in [0.5, 0.6) is 0 Å². The molecular weight excluding hydrogens is 485 g/mol. The molecule has 0 aliphatic carbocycles. The van der Waals surface area contributed by atoms with E-state index in [0.717, 1.165) is 23.0 Å². The Morgan fingerprint density at radius 2 is 1.81 bits per heavy atom. The van der Waals surface area contributed by atoms with E-state index < -0.39 is 30.9 Å². The molecule has 5 heterocycles. The van der Waals surface area contributed by atoms with E-state index in [1.54, 1.807) is 11.1 Å². The maximum Gasteiger partial charge on any atom is 0.416 e. The fourth-order valence-corrected chi connectivity index (χ4v) is 5.96. The normalized spacial score (nSPS) is 27.1. The molecule has 3 aromatic heterocycles. The molecule has 1 N–H and O–H groups in total. The maximum absolute atomic E-state index is 13.2. The molecule has 3 aromatic rings. The van der Waals surface area contributed by atoms with E-state index in [4.69, 9.17) is 0 Å². The van der Waals surface area contributed by atoms with Crippen molar-refractivity contribution in [1.29, 1.82) is 0 Å². The Bertz CT molecular complexity index is 1240. The van der Waals surface area contributed by atoms with Gasteiger partial charge in [-0.05, 0) is 50.7 Å². The fourth-order valence-electron chi connectivity index (χ4n) is 5.96. The Kier molecular flexibility index (Phi) is 6.00. The van der Waals surface area contributed by atoms with Gasteiger partial charge in [0.05, 0.1) is 18.0 Å². The second-order valence-corrected chi connectivity index (χ2v) is 9.88. The molecule has 36 heavy (non-hydrogen) atoms. The van der Waals surface area contributed by atoms with Crippen LogP contribution in [0.25, 0.3) is 11.2 Å². The van der Waals surface area contributed by atoms with Crippen molar-refractivity contribution in [2.24, 2.45) is 5.41 Å². The van der Waals surface area contributed by atoms with Gasteiger partial charge in [-0.25, -0.2) is 28.4 Å². The Balaban J connectivity index is 1.38. The number of nitrogens with zero attached hydrogens (tertiary/aromatic N) is 7. The molecule has 4 atom stereocenters. The molecule has 2 unspecified atom stereocenters. The van der Waals surface area contributed by atoms with Crippen molar-refractivity contribution >= 4 is 22.8 Å². The van der Waals surface area contributed by atoms with Crippen LogP contribution in [0.3, 0.4) is 0 Å². The highest BCUT2D eigenvalue weighted by Crippen LogP contribution is 2.48. The summed E-state index contributed by atoms with van der Waals surface area (Å²) in [7, 11) is 0. The van der Waals surface area contributed by atoms with Crippen LogP contribution in [0.15, 0.2) is 30.7 Å². The summed E-state index contributed by atoms with van der Waals surface area (Å²) in [5.41, 5.74) is -0.432. The zero-order valence-corrected chi connectivity index (χ0v) is 19.7. The molecule has 8 nitrogen and oxygen atoms in total. The topological polar surface area (TPSA) is 83.2 Å². The molecule has 2 aliphatic rings. The van der Waals surface area contributed by atoms with Crippen molar-refractivity contribution in [1.82, 2.24) is 24.7 Å². The number of aliphatic hydroxyl groups is 1. The van der Waals surface area contributed by atoms with Gasteiger partial charge in [0.15, 0.2) is 5.65 Å². The van der Waals surface area contributed by atoms with E-state index in [2.05, 4.69) is 25.0 Å². The van der Waals surface area contributed by atoms with E-state index in [0.29, 0.717) is 37.1 Å². The van der Waals surface area contributed by atoms with Gasteiger partial charge < -0.3 is 14.9 Å². The van der Waals surface area contributed by atoms with Crippen molar-refractivity contribution in [3.05, 3.63) is 36.3 Å². The number of piperidine rings is 1. The summed E-state index contributed by atoms with van der Waals surface area (Å²) >= 11 is 0. The van der Waals surface area contributed by atoms with Gasteiger partial charge in [-0.15, -0.1) is 0 Å². The van der Waals surface area contributed by atoms with Crippen LogP contribution in [0.2, 0.25) is 0 Å². The number of aromatic nitrogens is 5. The molecule has 194 valence electrons. The van der Waals surface area contributed by atoms with Gasteiger partial charge in [-0.3, -0.25) is 0 Å². The molecule has 2 fully saturated rings. The highest BCUT2D eigenvalue weighted by molar-refractivity contribution is 5.71. The van der Waals surface area contributed by atoms with Crippen molar-refractivity contribution in [3.63, 3.8) is 0 Å². The Morgan fingerprint density at radius 3 is 2.47 bits per heavy atom. The number of alkyl halides is 5. The zero-order chi connectivity index (χ0) is 25.8. The number of anilines is 2. The van der Waals surface area contributed by atoms with Gasteiger partial charge in [0.1, 0.15) is 29.9 Å². The third-order valence-electron chi connectivity index (χ3n) is 7.16. The molecule has 0 radical (unpaired) electrons. The number of halogens is 5. The smallest absolute Gasteiger partial charge is 0.374 e. The third-order valence-corrected chi connectivity index (χ3v) is 7.16. The summed E-state index contributed by atoms with van der Waals surface area (Å²) in [5, 5.41) is 14.8. The van der Waals surface area contributed by atoms with Gasteiger partial charge in [0.2, 0.25) is 0 Å². The molecule has 0 bridgehead atoms. The lowest BCUT2D eigenvalue weighted by molar-refractivity contribution is -0.137. The van der Waals surface area contributed by atoms with Gasteiger partial charge in [-0.1, -0.05) is 0 Å². The quantitative estimate of drug-likeness (QED) is 0.528. The van der Waals surface area contributed by atoms with Crippen LogP contribution in [0.4, 0.5) is 33.6 Å². The Hall–Kier alpha value is -3.09. The monoisotopic (exact) mass is 511 g/mol. The van der Waals surface area contributed by atoms with Crippen molar-refractivity contribution in [3.8, 4) is 0 Å². The van der Waals surface area contributed by atoms with Crippen LogP contribution in [0.1, 0.15) is 38.7 Å². The first-order valence-electron chi connectivity index (χ1n) is 11.7. The zero-order valence-electron chi connectivity index (χ0n) is 19.7. The lowest BCUT2D eigenvalue weighted by Gasteiger charge is -2.48. The fraction of sp³-hybridized carbons (Fsp3) is 0.565. The molecule has 5 rings (SSSR count). The first kappa shape index (κ1) is 24.6. The molecule has 0 saturated carbocycles. The first-order chi connectivity index (χ1) is 17.0. The van der Waals surface area contributed by atoms with Crippen molar-refractivity contribution in [2.45, 2.75) is 70.6 Å². The largest absolute Gasteiger partial charge is 0.416 e. The predicted molar refractivity (Wildman–Crippen MR) is 122 cm³/mol. The lowest BCUT2D eigenvalue weighted by atomic mass is 9.72. The van der Waals surface area contributed by atoms with Crippen LogP contribution in [0, 0.1) is 5.41 Å². The molecule has 13 heteroatoms. The number of pyridine rings is 1. The maximum atomic E-state index is 13.2. The van der Waals surface area contributed by atoms with E-state index in [1.807, 2.05) is 13.8 Å². The summed E-state index contributed by atoms with van der Waals surface area (Å²) in [6.07, 6.45) is -2.20. The average Bonchev–Trinajstić information content (AvgIpc) is 3.32. The number of aliphatic hydroxyl groups excluding tert-OH is 1. The summed E-state index contributed by atoms with van der Waals surface area (Å²) in [6, 6.07) is 1.79. The molecule has 0 amide bonds. The predicted octanol–water partition coefficient (Wildman–Crippen LogP) is 4.10. The van der Waals surface area contributed by atoms with E-state index in [1.165, 1.54) is 6.20 Å². The van der Waals surface area contributed by atoms with Crippen LogP contribution < -0.4 is 9.80 Å². The highest BCUT2D eigenvalue weighted by Gasteiger charge is 2.50. The minimum atomic E-state index is -4.50. The third kappa shape index (κ3) is 4.44. The number of fused-ring (bicyclic) bond motifs is 1. The number of hydrogen-bond donors (Lipinski definition) is 1. The SMILES string of the molecule is C[C@@H]1CC2(CC(O)N(c3cc(C(F)(F)F)ccn3)C2)C[C@H](C)N1c1cnc2cnn(CC(F)F)c2n1. The first-order valence-corrected chi connectivity index (χ1v) is 11.7. The van der Waals surface area contributed by atoms with Gasteiger partial charge in [0, 0.05) is 24.8 Å². The number of rotatable bonds is 4. The second-order valence-electron chi connectivity index (χ2n) is 9.88. The molecular formula is C23H26F5N7O. The van der Waals surface area contributed by atoms with Crippen molar-refractivity contribution < 1.29 is 27.1 Å². The average molecular weight is 511 g/mol. The van der Waals surface area contributed by atoms with Crippen molar-refractivity contribution in [2.75, 3.05) is 16.3 Å². The Labute approximate surface area is 203 Å². The summed E-state index contributed by atoms with van der Waals surface area (Å²) in [5.74, 6) is 0.642. The summed E-state index contributed by atoms with van der Waals surface area (Å²) in [6.45, 7) is 3.82. The van der Waals surface area contributed by atoms with E-state index in [9.17, 15) is 27.1 Å². The molecule has 2 saturated heterocycles. The highest BCUT2D eigenvalue weighted by atomic mass is 19.4. The summed E-state index contributed by atoms with van der Waals surface area (Å²) < 4.78 is 66.6. The van der Waals surface area contributed by atoms with Gasteiger partial charge in [-0.2, -0.15) is 18.3 Å². The van der Waals surface area contributed by atoms with Crippen LogP contribution in [-0.2, 0) is 12.7 Å². The van der Waals surface area contributed by atoms with E-state index in [-0.39, 0.29) is 29.0 Å². The van der Waals surface area contributed by atoms with Crippen LogP contribution >= 0.6 is 0 Å². The Morgan fingerprint density at radius 1 is 1.08 bits per heavy atom. The minimum Gasteiger partial charge on any atom is -0.374 e. The number of hydrogen-bond acceptors (Lipinski definition) is 7. The molecule has 0 aromatic carbocycles. The molecule has 1 spiro atoms.